The normalized spacial score (nSPS) is 9.53. The molecule has 4 nitrogen and oxygen atoms in total. The number of hydrogen-bond donors (Lipinski definition) is 2. The highest BCUT2D eigenvalue weighted by Crippen LogP contribution is 2.27. The number of nitrogens with zero attached hydrogens (tertiary/aromatic N) is 1. The van der Waals surface area contributed by atoms with Crippen LogP contribution in [0.15, 0.2) is 12.1 Å². The molecule has 0 fully saturated rings. The molecular formula is C10H8Cl2FN3O. The second-order valence-corrected chi connectivity index (χ2v) is 3.86. The Morgan fingerprint density at radius 1 is 1.41 bits per heavy atom. The van der Waals surface area contributed by atoms with Crippen LogP contribution < -0.4 is 10.6 Å². The highest BCUT2D eigenvalue weighted by atomic mass is 35.5. The summed E-state index contributed by atoms with van der Waals surface area (Å²) in [5, 5.41) is 13.0. The monoisotopic (exact) mass is 275 g/mol. The van der Waals surface area contributed by atoms with Gasteiger partial charge in [0.1, 0.15) is 6.54 Å². The lowest BCUT2D eigenvalue weighted by Gasteiger charge is -2.07. The van der Waals surface area contributed by atoms with Crippen LogP contribution in [0.5, 0.6) is 0 Å². The molecule has 0 aromatic heterocycles. The molecule has 1 aromatic rings. The summed E-state index contributed by atoms with van der Waals surface area (Å²) in [5.74, 6) is -1.06. The maximum Gasteiger partial charge on any atom is 0.240 e. The van der Waals surface area contributed by atoms with Gasteiger partial charge in [-0.15, -0.1) is 0 Å². The van der Waals surface area contributed by atoms with Crippen LogP contribution >= 0.6 is 23.2 Å². The summed E-state index contributed by atoms with van der Waals surface area (Å²) < 4.78 is 13.1. The van der Waals surface area contributed by atoms with Gasteiger partial charge in [0, 0.05) is 5.69 Å². The van der Waals surface area contributed by atoms with Gasteiger partial charge >= 0.3 is 0 Å². The van der Waals surface area contributed by atoms with Crippen LogP contribution in [0.3, 0.4) is 0 Å². The van der Waals surface area contributed by atoms with Crippen LogP contribution in [0.2, 0.25) is 10.0 Å². The zero-order valence-electron chi connectivity index (χ0n) is 8.56. The Balaban J connectivity index is 2.59. The van der Waals surface area contributed by atoms with E-state index in [4.69, 9.17) is 28.5 Å². The molecule has 0 unspecified atom stereocenters. The van der Waals surface area contributed by atoms with Crippen molar-refractivity contribution in [2.24, 2.45) is 0 Å². The smallest absolute Gasteiger partial charge is 0.240 e. The number of rotatable bonds is 4. The fraction of sp³-hybridized carbons (Fsp3) is 0.200. The first kappa shape index (κ1) is 13.6. The standard InChI is InChI=1S/C10H8Cl2FN3O/c11-7-3-6(4-8(12)10(7)13)16-5-9(17)15-2-1-14/h3-4,16H,2,5H2,(H,15,17). The van der Waals surface area contributed by atoms with Crippen molar-refractivity contribution in [1.82, 2.24) is 5.32 Å². The highest BCUT2D eigenvalue weighted by molar-refractivity contribution is 6.35. The van der Waals surface area contributed by atoms with Crippen LogP contribution in [0, 0.1) is 17.1 Å². The van der Waals surface area contributed by atoms with Gasteiger partial charge in [0.25, 0.3) is 0 Å². The van der Waals surface area contributed by atoms with Crippen LogP contribution in [-0.4, -0.2) is 19.0 Å². The van der Waals surface area contributed by atoms with E-state index >= 15 is 0 Å². The van der Waals surface area contributed by atoms with Crippen molar-refractivity contribution in [3.05, 3.63) is 28.0 Å². The largest absolute Gasteiger partial charge is 0.376 e. The highest BCUT2D eigenvalue weighted by Gasteiger charge is 2.08. The van der Waals surface area contributed by atoms with Crippen LogP contribution in [-0.2, 0) is 4.79 Å². The lowest BCUT2D eigenvalue weighted by Crippen LogP contribution is -2.29. The molecule has 0 radical (unpaired) electrons. The molecule has 0 saturated carbocycles. The molecule has 0 bridgehead atoms. The number of carbonyl (C=O) groups excluding carboxylic acids is 1. The molecule has 0 aliphatic heterocycles. The van der Waals surface area contributed by atoms with E-state index in [0.29, 0.717) is 5.69 Å². The van der Waals surface area contributed by atoms with E-state index in [1.54, 1.807) is 6.07 Å². The predicted molar refractivity (Wildman–Crippen MR) is 63.5 cm³/mol. The van der Waals surface area contributed by atoms with Gasteiger partial charge < -0.3 is 10.6 Å². The molecule has 7 heteroatoms. The predicted octanol–water partition coefficient (Wildman–Crippen LogP) is 2.18. The van der Waals surface area contributed by atoms with Gasteiger partial charge in [0.15, 0.2) is 5.82 Å². The first-order valence-electron chi connectivity index (χ1n) is 4.56. The minimum absolute atomic E-state index is 0.0556. The Morgan fingerprint density at radius 3 is 2.53 bits per heavy atom. The van der Waals surface area contributed by atoms with Gasteiger partial charge in [-0.2, -0.15) is 5.26 Å². The molecule has 0 aliphatic rings. The Hall–Kier alpha value is -1.51. The summed E-state index contributed by atoms with van der Waals surface area (Å²) in [6, 6.07) is 4.41. The molecular weight excluding hydrogens is 268 g/mol. The topological polar surface area (TPSA) is 64.9 Å². The number of benzene rings is 1. The quantitative estimate of drug-likeness (QED) is 0.654. The van der Waals surface area contributed by atoms with Crippen molar-refractivity contribution in [3.8, 4) is 6.07 Å². The van der Waals surface area contributed by atoms with Gasteiger partial charge in [0.2, 0.25) is 5.91 Å². The van der Waals surface area contributed by atoms with Crippen molar-refractivity contribution in [3.63, 3.8) is 0 Å². The molecule has 0 heterocycles. The summed E-state index contributed by atoms with van der Waals surface area (Å²) >= 11 is 11.1. The minimum atomic E-state index is -0.701. The molecule has 0 aliphatic carbocycles. The average molecular weight is 276 g/mol. The molecule has 1 amide bonds. The number of nitriles is 1. The Bertz CT molecular complexity index is 450. The van der Waals surface area contributed by atoms with Crippen molar-refractivity contribution in [2.45, 2.75) is 0 Å². The van der Waals surface area contributed by atoms with E-state index in [2.05, 4.69) is 10.6 Å². The zero-order valence-corrected chi connectivity index (χ0v) is 10.1. The van der Waals surface area contributed by atoms with Crippen molar-refractivity contribution in [1.29, 1.82) is 5.26 Å². The molecule has 0 spiro atoms. The fourth-order valence-corrected chi connectivity index (χ4v) is 1.53. The van der Waals surface area contributed by atoms with Crippen molar-refractivity contribution in [2.75, 3.05) is 18.4 Å². The van der Waals surface area contributed by atoms with E-state index in [-0.39, 0.29) is 29.0 Å². The second kappa shape index (κ2) is 6.28. The number of amides is 1. The van der Waals surface area contributed by atoms with Crippen LogP contribution in [0.25, 0.3) is 0 Å². The van der Waals surface area contributed by atoms with E-state index in [0.717, 1.165) is 0 Å². The third-order valence-electron chi connectivity index (χ3n) is 1.80. The zero-order chi connectivity index (χ0) is 12.8. The van der Waals surface area contributed by atoms with E-state index in [1.807, 2.05) is 0 Å². The van der Waals surface area contributed by atoms with Gasteiger partial charge in [-0.05, 0) is 12.1 Å². The SMILES string of the molecule is N#CCNC(=O)CNc1cc(Cl)c(F)c(Cl)c1. The molecule has 0 saturated heterocycles. The molecule has 17 heavy (non-hydrogen) atoms. The summed E-state index contributed by atoms with van der Waals surface area (Å²) in [6.45, 7) is -0.120. The lowest BCUT2D eigenvalue weighted by atomic mass is 10.3. The van der Waals surface area contributed by atoms with E-state index in [9.17, 15) is 9.18 Å². The maximum atomic E-state index is 13.1. The Kier molecular flexibility index (Phi) is 5.01. The van der Waals surface area contributed by atoms with Crippen LogP contribution in [0.1, 0.15) is 0 Å². The third kappa shape index (κ3) is 4.10. The van der Waals surface area contributed by atoms with Gasteiger partial charge in [-0.25, -0.2) is 4.39 Å². The first-order chi connectivity index (χ1) is 8.04. The van der Waals surface area contributed by atoms with Crippen molar-refractivity contribution >= 4 is 34.8 Å². The molecule has 0 atom stereocenters. The van der Waals surface area contributed by atoms with E-state index in [1.165, 1.54) is 12.1 Å². The third-order valence-corrected chi connectivity index (χ3v) is 2.35. The number of anilines is 1. The van der Waals surface area contributed by atoms with Crippen LogP contribution in [0.4, 0.5) is 10.1 Å². The van der Waals surface area contributed by atoms with E-state index < -0.39 is 5.82 Å². The molecule has 90 valence electrons. The molecule has 1 aromatic carbocycles. The number of hydrogen-bond acceptors (Lipinski definition) is 3. The number of carbonyl (C=O) groups is 1. The molecule has 1 rings (SSSR count). The summed E-state index contributed by atoms with van der Waals surface area (Å²) in [5.41, 5.74) is 0.425. The lowest BCUT2D eigenvalue weighted by molar-refractivity contribution is -0.119. The summed E-state index contributed by atoms with van der Waals surface area (Å²) in [4.78, 5) is 11.1. The summed E-state index contributed by atoms with van der Waals surface area (Å²) in [6.07, 6.45) is 0. The average Bonchev–Trinajstić information content (AvgIpc) is 2.30. The van der Waals surface area contributed by atoms with Gasteiger partial charge in [0.05, 0.1) is 22.7 Å². The minimum Gasteiger partial charge on any atom is -0.376 e. The Morgan fingerprint density at radius 2 is 2.00 bits per heavy atom. The van der Waals surface area contributed by atoms with Gasteiger partial charge in [-0.3, -0.25) is 4.79 Å². The van der Waals surface area contributed by atoms with Crippen molar-refractivity contribution < 1.29 is 9.18 Å². The molecule has 2 N–H and O–H groups in total. The number of halogens is 3. The van der Waals surface area contributed by atoms with Gasteiger partial charge in [-0.1, -0.05) is 23.2 Å². The Labute approximate surface area is 107 Å². The maximum absolute atomic E-state index is 13.1. The first-order valence-corrected chi connectivity index (χ1v) is 5.32. The fourth-order valence-electron chi connectivity index (χ4n) is 1.04. The summed E-state index contributed by atoms with van der Waals surface area (Å²) in [7, 11) is 0. The second-order valence-electron chi connectivity index (χ2n) is 3.04. The number of nitrogens with one attached hydrogen (secondary N) is 2.